The highest BCUT2D eigenvalue weighted by Gasteiger charge is 2.23. The maximum Gasteiger partial charge on any atom is 0.220 e. The fourth-order valence-corrected chi connectivity index (χ4v) is 5.30. The van der Waals surface area contributed by atoms with Crippen LogP contribution in [0, 0.1) is 5.82 Å². The number of thiophene rings is 1. The molecule has 0 spiro atoms. The smallest absolute Gasteiger partial charge is 0.220 e. The Balaban J connectivity index is 1.40. The highest BCUT2D eigenvalue weighted by Crippen LogP contribution is 2.37. The van der Waals surface area contributed by atoms with Gasteiger partial charge in [-0.3, -0.25) is 9.78 Å². The van der Waals surface area contributed by atoms with Crippen molar-refractivity contribution in [1.29, 1.82) is 0 Å². The van der Waals surface area contributed by atoms with Crippen molar-refractivity contribution in [3.8, 4) is 0 Å². The molecule has 0 saturated carbocycles. The lowest BCUT2D eigenvalue weighted by molar-refractivity contribution is -0.121. The molecule has 1 N–H and O–H groups in total. The fourth-order valence-electron chi connectivity index (χ4n) is 4.46. The standard InChI is InChI=1S/C29H26FN3OS/c30-22-12-10-21(11-13-22)19-33-20-26(24-7-1-2-8-27(24)33)25(28-9-5-17-35-28)18-29(34)32-16-14-23-6-3-4-15-31-23/h1-13,15,17,20,25H,14,16,18-19H2,(H,32,34). The van der Waals surface area contributed by atoms with Crippen LogP contribution in [0.15, 0.2) is 96.6 Å². The summed E-state index contributed by atoms with van der Waals surface area (Å²) in [5.74, 6) is -0.266. The molecule has 1 unspecified atom stereocenters. The van der Waals surface area contributed by atoms with Crippen molar-refractivity contribution in [2.24, 2.45) is 0 Å². The number of benzene rings is 2. The van der Waals surface area contributed by atoms with E-state index in [2.05, 4.69) is 44.6 Å². The summed E-state index contributed by atoms with van der Waals surface area (Å²) in [5.41, 5.74) is 4.22. The van der Waals surface area contributed by atoms with Crippen molar-refractivity contribution in [3.05, 3.63) is 124 Å². The van der Waals surface area contributed by atoms with Crippen molar-refractivity contribution in [3.63, 3.8) is 0 Å². The number of carbonyl (C=O) groups excluding carboxylic acids is 1. The van der Waals surface area contributed by atoms with Crippen LogP contribution >= 0.6 is 11.3 Å². The van der Waals surface area contributed by atoms with E-state index < -0.39 is 0 Å². The molecule has 0 aliphatic rings. The Hall–Kier alpha value is -3.77. The Bertz CT molecular complexity index is 1400. The van der Waals surface area contributed by atoms with Gasteiger partial charge in [-0.1, -0.05) is 42.5 Å². The van der Waals surface area contributed by atoms with Crippen molar-refractivity contribution < 1.29 is 9.18 Å². The van der Waals surface area contributed by atoms with Crippen molar-refractivity contribution in [2.75, 3.05) is 6.54 Å². The van der Waals surface area contributed by atoms with Crippen LogP contribution in [0.5, 0.6) is 0 Å². The molecule has 176 valence electrons. The number of rotatable bonds is 9. The van der Waals surface area contributed by atoms with Crippen molar-refractivity contribution in [1.82, 2.24) is 14.9 Å². The van der Waals surface area contributed by atoms with Crippen LogP contribution in [0.3, 0.4) is 0 Å². The van der Waals surface area contributed by atoms with E-state index in [-0.39, 0.29) is 17.6 Å². The normalized spacial score (nSPS) is 12.0. The van der Waals surface area contributed by atoms with Gasteiger partial charge in [0, 0.05) is 65.7 Å². The Morgan fingerprint density at radius 2 is 1.83 bits per heavy atom. The van der Waals surface area contributed by atoms with Gasteiger partial charge in [0.25, 0.3) is 0 Å². The predicted octanol–water partition coefficient (Wildman–Crippen LogP) is 6.17. The van der Waals surface area contributed by atoms with E-state index in [9.17, 15) is 9.18 Å². The molecular weight excluding hydrogens is 457 g/mol. The first-order valence-corrected chi connectivity index (χ1v) is 12.6. The molecule has 3 aromatic heterocycles. The third-order valence-corrected chi connectivity index (χ3v) is 7.15. The molecule has 2 aromatic carbocycles. The predicted molar refractivity (Wildman–Crippen MR) is 139 cm³/mol. The van der Waals surface area contributed by atoms with Gasteiger partial charge in [-0.2, -0.15) is 0 Å². The minimum Gasteiger partial charge on any atom is -0.356 e. The number of fused-ring (bicyclic) bond motifs is 1. The average molecular weight is 484 g/mol. The monoisotopic (exact) mass is 483 g/mol. The van der Waals surface area contributed by atoms with Gasteiger partial charge in [0.15, 0.2) is 0 Å². The zero-order valence-corrected chi connectivity index (χ0v) is 20.0. The first kappa shape index (κ1) is 23.0. The van der Waals surface area contributed by atoms with Crippen LogP contribution < -0.4 is 5.32 Å². The first-order valence-electron chi connectivity index (χ1n) is 11.7. The Morgan fingerprint density at radius 1 is 1.00 bits per heavy atom. The molecule has 35 heavy (non-hydrogen) atoms. The highest BCUT2D eigenvalue weighted by atomic mass is 32.1. The molecule has 1 amide bonds. The molecule has 1 atom stereocenters. The van der Waals surface area contributed by atoms with Gasteiger partial charge in [-0.25, -0.2) is 4.39 Å². The SMILES string of the molecule is O=C(CC(c1cccs1)c1cn(Cc2ccc(F)cc2)c2ccccc12)NCCc1ccccn1. The quantitative estimate of drug-likeness (QED) is 0.273. The van der Waals surface area contributed by atoms with E-state index in [1.54, 1.807) is 17.5 Å². The minimum atomic E-state index is -0.237. The number of para-hydroxylation sites is 1. The second-order valence-electron chi connectivity index (χ2n) is 8.55. The topological polar surface area (TPSA) is 46.9 Å². The van der Waals surface area contributed by atoms with E-state index >= 15 is 0 Å². The average Bonchev–Trinajstić information content (AvgIpc) is 3.54. The van der Waals surface area contributed by atoms with Gasteiger partial charge in [-0.05, 0) is 52.9 Å². The van der Waals surface area contributed by atoms with Crippen LogP contribution in [-0.4, -0.2) is 22.0 Å². The molecule has 5 aromatic rings. The maximum absolute atomic E-state index is 13.4. The number of amides is 1. The third-order valence-electron chi connectivity index (χ3n) is 6.17. The second kappa shape index (κ2) is 10.7. The summed E-state index contributed by atoms with van der Waals surface area (Å²) in [7, 11) is 0. The lowest BCUT2D eigenvalue weighted by Crippen LogP contribution is -2.27. The number of hydrogen-bond acceptors (Lipinski definition) is 3. The summed E-state index contributed by atoms with van der Waals surface area (Å²) < 4.78 is 15.6. The number of pyridine rings is 1. The Labute approximate surface area is 208 Å². The third kappa shape index (κ3) is 5.49. The van der Waals surface area contributed by atoms with E-state index in [0.717, 1.165) is 32.6 Å². The number of hydrogen-bond donors (Lipinski definition) is 1. The van der Waals surface area contributed by atoms with Gasteiger partial charge in [0.05, 0.1) is 0 Å². The van der Waals surface area contributed by atoms with Crippen molar-refractivity contribution in [2.45, 2.75) is 25.3 Å². The lowest BCUT2D eigenvalue weighted by atomic mass is 9.93. The van der Waals surface area contributed by atoms with Gasteiger partial charge in [-0.15, -0.1) is 11.3 Å². The van der Waals surface area contributed by atoms with Crippen LogP contribution in [0.1, 0.15) is 34.0 Å². The van der Waals surface area contributed by atoms with E-state index in [4.69, 9.17) is 0 Å². The molecule has 0 aliphatic heterocycles. The lowest BCUT2D eigenvalue weighted by Gasteiger charge is -2.15. The van der Waals surface area contributed by atoms with Crippen LogP contribution in [0.2, 0.25) is 0 Å². The summed E-state index contributed by atoms with van der Waals surface area (Å²) in [6, 6.07) is 24.8. The largest absolute Gasteiger partial charge is 0.356 e. The molecule has 3 heterocycles. The van der Waals surface area contributed by atoms with Crippen molar-refractivity contribution >= 4 is 28.1 Å². The number of nitrogens with zero attached hydrogens (tertiary/aromatic N) is 2. The molecule has 4 nitrogen and oxygen atoms in total. The molecule has 0 bridgehead atoms. The summed E-state index contributed by atoms with van der Waals surface area (Å²) in [6.07, 6.45) is 4.99. The molecule has 0 radical (unpaired) electrons. The zero-order valence-electron chi connectivity index (χ0n) is 19.2. The van der Waals surface area contributed by atoms with Crippen LogP contribution in [0.25, 0.3) is 10.9 Å². The van der Waals surface area contributed by atoms with Gasteiger partial charge < -0.3 is 9.88 Å². The van der Waals surface area contributed by atoms with E-state index in [0.29, 0.717) is 25.9 Å². The minimum absolute atomic E-state index is 0.0229. The highest BCUT2D eigenvalue weighted by molar-refractivity contribution is 7.10. The number of halogens is 1. The summed E-state index contributed by atoms with van der Waals surface area (Å²) in [6.45, 7) is 1.19. The van der Waals surface area contributed by atoms with E-state index in [1.807, 2.05) is 48.5 Å². The summed E-state index contributed by atoms with van der Waals surface area (Å²) >= 11 is 1.67. The van der Waals surface area contributed by atoms with Crippen LogP contribution in [-0.2, 0) is 17.8 Å². The molecule has 0 saturated heterocycles. The Morgan fingerprint density at radius 3 is 2.60 bits per heavy atom. The summed E-state index contributed by atoms with van der Waals surface area (Å²) in [4.78, 5) is 18.5. The zero-order chi connectivity index (χ0) is 24.0. The number of nitrogens with one attached hydrogen (secondary N) is 1. The maximum atomic E-state index is 13.4. The second-order valence-corrected chi connectivity index (χ2v) is 9.53. The molecule has 5 rings (SSSR count). The molecule has 6 heteroatoms. The van der Waals surface area contributed by atoms with E-state index in [1.165, 1.54) is 12.1 Å². The van der Waals surface area contributed by atoms with Gasteiger partial charge in [0.1, 0.15) is 5.82 Å². The van der Waals surface area contributed by atoms with Crippen LogP contribution in [0.4, 0.5) is 4.39 Å². The molecule has 0 aliphatic carbocycles. The van der Waals surface area contributed by atoms with Gasteiger partial charge >= 0.3 is 0 Å². The molecule has 0 fully saturated rings. The van der Waals surface area contributed by atoms with Gasteiger partial charge in [0.2, 0.25) is 5.91 Å². The number of carbonyl (C=O) groups is 1. The number of aromatic nitrogens is 2. The first-order chi connectivity index (χ1) is 17.2. The summed E-state index contributed by atoms with van der Waals surface area (Å²) in [5, 5.41) is 6.26. The fraction of sp³-hybridized carbons (Fsp3) is 0.172. The Kier molecular flexibility index (Phi) is 7.00. The molecular formula is C29H26FN3OS.